The van der Waals surface area contributed by atoms with Crippen LogP contribution in [0.25, 0.3) is 0 Å². The van der Waals surface area contributed by atoms with E-state index >= 15 is 0 Å². The molecule has 3 aromatic rings. The first-order chi connectivity index (χ1) is 17.4. The first-order valence-corrected chi connectivity index (χ1v) is 12.8. The zero-order valence-electron chi connectivity index (χ0n) is 20.3. The van der Waals surface area contributed by atoms with Crippen molar-refractivity contribution in [3.05, 3.63) is 51.7 Å². The van der Waals surface area contributed by atoms with Crippen LogP contribution in [0.3, 0.4) is 0 Å². The highest BCUT2D eigenvalue weighted by Gasteiger charge is 2.19. The molecule has 3 heterocycles. The summed E-state index contributed by atoms with van der Waals surface area (Å²) in [4.78, 5) is 31.3. The predicted octanol–water partition coefficient (Wildman–Crippen LogP) is 3.97. The summed E-state index contributed by atoms with van der Waals surface area (Å²) < 4.78 is 5.39. The van der Waals surface area contributed by atoms with Gasteiger partial charge < -0.3 is 20.3 Å². The number of aromatic nitrogens is 3. The Hall–Kier alpha value is -3.23. The van der Waals surface area contributed by atoms with Crippen LogP contribution >= 0.6 is 22.9 Å². The molecule has 0 radical (unpaired) electrons. The van der Waals surface area contributed by atoms with Crippen LogP contribution in [0.2, 0.25) is 5.02 Å². The maximum atomic E-state index is 12.7. The Balaban J connectivity index is 1.36. The molecule has 1 amide bonds. The number of carbonyl (C=O) groups is 1. The molecule has 1 aliphatic heterocycles. The highest BCUT2D eigenvalue weighted by atomic mass is 35.5. The third-order valence-corrected chi connectivity index (χ3v) is 6.91. The molecule has 36 heavy (non-hydrogen) atoms. The van der Waals surface area contributed by atoms with Gasteiger partial charge >= 0.3 is 0 Å². The van der Waals surface area contributed by atoms with Crippen LogP contribution in [0.4, 0.5) is 22.5 Å². The molecular formula is C25H28ClN7O2S. The van der Waals surface area contributed by atoms with Crippen LogP contribution in [0, 0.1) is 26.2 Å². The number of halogens is 1. The number of terminal acetylenes is 1. The fourth-order valence-corrected chi connectivity index (χ4v) is 4.80. The summed E-state index contributed by atoms with van der Waals surface area (Å²) in [6.07, 6.45) is 6.76. The fraction of sp³-hybridized carbons (Fsp3) is 0.360. The van der Waals surface area contributed by atoms with Gasteiger partial charge in [-0.15, -0.1) is 6.42 Å². The molecule has 0 atom stereocenters. The van der Waals surface area contributed by atoms with Crippen molar-refractivity contribution in [3.63, 3.8) is 0 Å². The summed E-state index contributed by atoms with van der Waals surface area (Å²) in [6.45, 7) is 9.15. The minimum atomic E-state index is -0.265. The van der Waals surface area contributed by atoms with E-state index in [0.29, 0.717) is 45.6 Å². The van der Waals surface area contributed by atoms with Crippen molar-refractivity contribution in [1.29, 1.82) is 0 Å². The van der Waals surface area contributed by atoms with E-state index in [0.717, 1.165) is 44.1 Å². The molecular weight excluding hydrogens is 498 g/mol. The molecule has 0 unspecified atom stereocenters. The minimum Gasteiger partial charge on any atom is -0.367 e. The number of piperazine rings is 1. The van der Waals surface area contributed by atoms with Gasteiger partial charge in [0.05, 0.1) is 23.5 Å². The number of para-hydroxylation sites is 1. The summed E-state index contributed by atoms with van der Waals surface area (Å²) >= 11 is 7.48. The lowest BCUT2D eigenvalue weighted by Crippen LogP contribution is -2.47. The molecule has 1 fully saturated rings. The van der Waals surface area contributed by atoms with Crippen LogP contribution in [0.15, 0.2) is 30.5 Å². The zero-order valence-corrected chi connectivity index (χ0v) is 21.8. The second kappa shape index (κ2) is 12.1. The van der Waals surface area contributed by atoms with Crippen molar-refractivity contribution in [2.75, 3.05) is 61.5 Å². The van der Waals surface area contributed by atoms with E-state index in [9.17, 15) is 4.79 Å². The lowest BCUT2D eigenvalue weighted by molar-refractivity contribution is 0.103. The second-order valence-corrected chi connectivity index (χ2v) is 9.72. The number of aryl methyl sites for hydroxylation is 2. The van der Waals surface area contributed by atoms with E-state index in [1.807, 2.05) is 32.0 Å². The van der Waals surface area contributed by atoms with E-state index < -0.39 is 0 Å². The third-order valence-electron chi connectivity index (χ3n) is 5.68. The molecule has 2 aromatic heterocycles. The summed E-state index contributed by atoms with van der Waals surface area (Å²) in [5.74, 6) is 4.36. The zero-order chi connectivity index (χ0) is 25.5. The van der Waals surface area contributed by atoms with Gasteiger partial charge in [0.1, 0.15) is 28.9 Å². The van der Waals surface area contributed by atoms with Crippen LogP contribution in [0.5, 0.6) is 0 Å². The summed E-state index contributed by atoms with van der Waals surface area (Å²) in [5.41, 5.74) is 1.49. The van der Waals surface area contributed by atoms with Gasteiger partial charge in [-0.05, 0) is 25.5 Å². The maximum absolute atomic E-state index is 12.7. The summed E-state index contributed by atoms with van der Waals surface area (Å²) in [7, 11) is 0. The second-order valence-electron chi connectivity index (χ2n) is 8.28. The lowest BCUT2D eigenvalue weighted by atomic mass is 10.2. The Kier molecular flexibility index (Phi) is 8.72. The Morgan fingerprint density at radius 2 is 2.06 bits per heavy atom. The van der Waals surface area contributed by atoms with E-state index in [1.54, 1.807) is 6.07 Å². The maximum Gasteiger partial charge on any atom is 0.267 e. The highest BCUT2D eigenvalue weighted by Crippen LogP contribution is 2.28. The van der Waals surface area contributed by atoms with Gasteiger partial charge in [-0.25, -0.2) is 15.0 Å². The van der Waals surface area contributed by atoms with E-state index in [-0.39, 0.29) is 5.91 Å². The van der Waals surface area contributed by atoms with Crippen molar-refractivity contribution < 1.29 is 9.53 Å². The first kappa shape index (κ1) is 25.9. The molecule has 4 rings (SSSR count). The van der Waals surface area contributed by atoms with Crippen LogP contribution in [-0.2, 0) is 4.74 Å². The molecule has 188 valence electrons. The molecule has 0 saturated carbocycles. The molecule has 2 N–H and O–H groups in total. The lowest BCUT2D eigenvalue weighted by Gasteiger charge is -2.35. The number of nitrogens with one attached hydrogen (secondary N) is 2. The standard InChI is InChI=1S/C25H28ClN7O2S/c1-4-13-35-14-12-32-8-10-33(11-9-32)22-15-21(28-18(3)29-22)30-25-27-16-20(36-25)24(34)31-23-17(2)6-5-7-19(23)26/h1,5-7,15-16H,8-14H2,2-3H3,(H,31,34)(H,27,28,29,30). The molecule has 1 aliphatic rings. The molecule has 1 saturated heterocycles. The molecule has 11 heteroatoms. The SMILES string of the molecule is C#CCOCCN1CCN(c2cc(Nc3ncc(C(=O)Nc4c(C)cccc4Cl)s3)nc(C)n2)CC1. The number of benzene rings is 1. The van der Waals surface area contributed by atoms with Gasteiger partial charge in [-0.3, -0.25) is 9.69 Å². The molecule has 0 bridgehead atoms. The Morgan fingerprint density at radius 3 is 2.81 bits per heavy atom. The van der Waals surface area contributed by atoms with E-state index in [2.05, 4.69) is 41.3 Å². The van der Waals surface area contributed by atoms with Gasteiger partial charge in [-0.2, -0.15) is 0 Å². The number of ether oxygens (including phenoxy) is 1. The van der Waals surface area contributed by atoms with Crippen molar-refractivity contribution >= 4 is 51.3 Å². The molecule has 0 spiro atoms. The smallest absolute Gasteiger partial charge is 0.267 e. The van der Waals surface area contributed by atoms with Gasteiger partial charge in [-0.1, -0.05) is 41.0 Å². The predicted molar refractivity (Wildman–Crippen MR) is 145 cm³/mol. The molecule has 1 aromatic carbocycles. The van der Waals surface area contributed by atoms with E-state index in [4.69, 9.17) is 22.8 Å². The minimum absolute atomic E-state index is 0.265. The molecule has 9 nitrogen and oxygen atoms in total. The van der Waals surface area contributed by atoms with Gasteiger partial charge in [0.15, 0.2) is 5.13 Å². The summed E-state index contributed by atoms with van der Waals surface area (Å²) in [5, 5.41) is 7.15. The third kappa shape index (κ3) is 6.71. The topological polar surface area (TPSA) is 95.5 Å². The number of nitrogens with zero attached hydrogens (tertiary/aromatic N) is 5. The van der Waals surface area contributed by atoms with Crippen LogP contribution in [-0.4, -0.2) is 71.7 Å². The van der Waals surface area contributed by atoms with Gasteiger partial charge in [0.2, 0.25) is 0 Å². The fourth-order valence-electron chi connectivity index (χ4n) is 3.82. The van der Waals surface area contributed by atoms with Crippen molar-refractivity contribution in [1.82, 2.24) is 19.9 Å². The highest BCUT2D eigenvalue weighted by molar-refractivity contribution is 7.17. The van der Waals surface area contributed by atoms with Crippen molar-refractivity contribution in [3.8, 4) is 12.3 Å². The number of hydrogen-bond donors (Lipinski definition) is 2. The van der Waals surface area contributed by atoms with Crippen LogP contribution in [0.1, 0.15) is 21.1 Å². The average Bonchev–Trinajstić information content (AvgIpc) is 3.33. The number of rotatable bonds is 9. The average molecular weight is 526 g/mol. The number of carbonyl (C=O) groups excluding carboxylic acids is 1. The van der Waals surface area contributed by atoms with E-state index in [1.165, 1.54) is 17.5 Å². The number of thiazole rings is 1. The normalized spacial score (nSPS) is 13.9. The molecule has 0 aliphatic carbocycles. The quantitative estimate of drug-likeness (QED) is 0.320. The Morgan fingerprint density at radius 1 is 1.25 bits per heavy atom. The van der Waals surface area contributed by atoms with Crippen molar-refractivity contribution in [2.45, 2.75) is 13.8 Å². The van der Waals surface area contributed by atoms with Crippen LogP contribution < -0.4 is 15.5 Å². The summed E-state index contributed by atoms with van der Waals surface area (Å²) in [6, 6.07) is 7.39. The monoisotopic (exact) mass is 525 g/mol. The number of hydrogen-bond acceptors (Lipinski definition) is 9. The van der Waals surface area contributed by atoms with Gasteiger partial charge in [0.25, 0.3) is 5.91 Å². The Bertz CT molecular complexity index is 1230. The largest absolute Gasteiger partial charge is 0.367 e. The Labute approximate surface area is 219 Å². The van der Waals surface area contributed by atoms with Gasteiger partial charge in [0, 0.05) is 38.8 Å². The van der Waals surface area contributed by atoms with Crippen molar-refractivity contribution in [2.24, 2.45) is 0 Å². The number of amides is 1. The number of anilines is 4. The first-order valence-electron chi connectivity index (χ1n) is 11.6.